The Balaban J connectivity index is 0.000000505. The molecule has 9 nitrogen and oxygen atoms in total. The van der Waals surface area contributed by atoms with Crippen LogP contribution in [0, 0.1) is 0 Å². The minimum absolute atomic E-state index is 0.156. The lowest BCUT2D eigenvalue weighted by Gasteiger charge is -2.31. The molecule has 0 spiro atoms. The Labute approximate surface area is 212 Å². The molecule has 0 amide bonds. The maximum atomic E-state index is 12.9. The summed E-state index contributed by atoms with van der Waals surface area (Å²) in [6, 6.07) is 9.26. The highest BCUT2D eigenvalue weighted by atomic mass is 32.2. The predicted molar refractivity (Wildman–Crippen MR) is 123 cm³/mol. The lowest BCUT2D eigenvalue weighted by Crippen LogP contribution is -2.44. The number of hydrogen-bond acceptors (Lipinski definition) is 6. The van der Waals surface area contributed by atoms with E-state index in [9.17, 15) is 34.8 Å². The van der Waals surface area contributed by atoms with Crippen LogP contribution in [0.5, 0.6) is 5.75 Å². The molecule has 0 bridgehead atoms. The van der Waals surface area contributed by atoms with Crippen molar-refractivity contribution in [3.8, 4) is 17.0 Å². The Bertz CT molecular complexity index is 1400. The molecule has 1 aliphatic rings. The Kier molecular flexibility index (Phi) is 8.26. The molecule has 0 atom stereocenters. The molecule has 1 aliphatic heterocycles. The number of methoxy groups -OCH3 is 1. The molecule has 16 heteroatoms. The van der Waals surface area contributed by atoms with Gasteiger partial charge in [0, 0.05) is 37.3 Å². The molecule has 38 heavy (non-hydrogen) atoms. The standard InChI is InChI=1S/C20H21F3N4O3S.C2HF3O2/c1-26-12-24-19-17(26)11-16(25-18(19)14-3-5-15(30-2)6-4-14)13-7-9-27(10-8-13)31(28,29)20(21,22)23;3-2(4,5)1(6)7/h3-6,11-13H,7-10H2,1-2H3;(H,6,7). The lowest BCUT2D eigenvalue weighted by molar-refractivity contribution is -0.192. The van der Waals surface area contributed by atoms with Crippen molar-refractivity contribution in [3.05, 3.63) is 42.4 Å². The van der Waals surface area contributed by atoms with E-state index in [1.807, 2.05) is 41.9 Å². The summed E-state index contributed by atoms with van der Waals surface area (Å²) in [5.41, 5.74) is -1.50. The average molecular weight is 568 g/mol. The number of fused-ring (bicyclic) bond motifs is 1. The summed E-state index contributed by atoms with van der Waals surface area (Å²) in [6.07, 6.45) is -2.89. The molecule has 4 rings (SSSR count). The summed E-state index contributed by atoms with van der Waals surface area (Å²) in [4.78, 5) is 18.1. The van der Waals surface area contributed by atoms with E-state index in [4.69, 9.17) is 19.6 Å². The first kappa shape index (κ1) is 29.2. The second kappa shape index (κ2) is 10.8. The summed E-state index contributed by atoms with van der Waals surface area (Å²) < 4.78 is 101. The highest BCUT2D eigenvalue weighted by Gasteiger charge is 2.50. The van der Waals surface area contributed by atoms with Crippen LogP contribution in [0.15, 0.2) is 36.7 Å². The monoisotopic (exact) mass is 568 g/mol. The van der Waals surface area contributed by atoms with Gasteiger partial charge in [-0.05, 0) is 43.2 Å². The quantitative estimate of drug-likeness (QED) is 0.467. The molecule has 1 saturated heterocycles. The van der Waals surface area contributed by atoms with Crippen LogP contribution >= 0.6 is 0 Å². The van der Waals surface area contributed by atoms with Crippen LogP contribution in [0.25, 0.3) is 22.3 Å². The van der Waals surface area contributed by atoms with Crippen molar-refractivity contribution in [2.45, 2.75) is 30.4 Å². The number of carboxylic acids is 1. The number of pyridine rings is 1. The Morgan fingerprint density at radius 1 is 1.08 bits per heavy atom. The number of piperidine rings is 1. The number of rotatable bonds is 4. The first-order valence-corrected chi connectivity index (χ1v) is 12.3. The Hall–Kier alpha value is -3.40. The van der Waals surface area contributed by atoms with E-state index in [0.717, 1.165) is 11.1 Å². The van der Waals surface area contributed by atoms with Crippen LogP contribution in [0.3, 0.4) is 0 Å². The number of hydrogen-bond donors (Lipinski definition) is 1. The van der Waals surface area contributed by atoms with Crippen molar-refractivity contribution in [1.29, 1.82) is 0 Å². The molecule has 1 fully saturated rings. The number of carboxylic acid groups (broad SMARTS) is 1. The Morgan fingerprint density at radius 2 is 1.63 bits per heavy atom. The number of imidazole rings is 1. The van der Waals surface area contributed by atoms with Gasteiger partial charge in [0.15, 0.2) is 0 Å². The summed E-state index contributed by atoms with van der Waals surface area (Å²) in [5.74, 6) is -2.21. The van der Waals surface area contributed by atoms with Gasteiger partial charge in [0.2, 0.25) is 0 Å². The second-order valence-corrected chi connectivity index (χ2v) is 10.2. The van der Waals surface area contributed by atoms with Gasteiger partial charge in [0.1, 0.15) is 11.3 Å². The van der Waals surface area contributed by atoms with Crippen molar-refractivity contribution < 1.29 is 49.4 Å². The van der Waals surface area contributed by atoms with Crippen LogP contribution < -0.4 is 4.74 Å². The minimum Gasteiger partial charge on any atom is -0.497 e. The zero-order chi connectivity index (χ0) is 28.5. The fraction of sp³-hybridized carbons (Fsp3) is 0.409. The largest absolute Gasteiger partial charge is 0.511 e. The summed E-state index contributed by atoms with van der Waals surface area (Å²) in [5, 5.41) is 7.12. The van der Waals surface area contributed by atoms with Gasteiger partial charge in [0.25, 0.3) is 0 Å². The van der Waals surface area contributed by atoms with Gasteiger partial charge >= 0.3 is 27.7 Å². The average Bonchev–Trinajstić information content (AvgIpc) is 3.23. The number of aromatic nitrogens is 3. The molecule has 0 radical (unpaired) electrons. The van der Waals surface area contributed by atoms with E-state index >= 15 is 0 Å². The zero-order valence-corrected chi connectivity index (χ0v) is 20.7. The van der Waals surface area contributed by atoms with Crippen molar-refractivity contribution in [3.63, 3.8) is 0 Å². The fourth-order valence-electron chi connectivity index (χ4n) is 3.84. The molecular weight excluding hydrogens is 546 g/mol. The topological polar surface area (TPSA) is 115 Å². The van der Waals surface area contributed by atoms with E-state index in [0.29, 0.717) is 27.0 Å². The fourth-order valence-corrected chi connectivity index (χ4v) is 4.83. The number of nitrogens with zero attached hydrogens (tertiary/aromatic N) is 4. The molecule has 3 heterocycles. The normalized spacial score (nSPS) is 15.7. The number of ether oxygens (including phenoxy) is 1. The minimum atomic E-state index is -5.31. The first-order valence-electron chi connectivity index (χ1n) is 10.9. The van der Waals surface area contributed by atoms with Gasteiger partial charge in [-0.25, -0.2) is 18.2 Å². The van der Waals surface area contributed by atoms with E-state index in [-0.39, 0.29) is 31.8 Å². The highest BCUT2D eigenvalue weighted by Crippen LogP contribution is 2.36. The number of aliphatic carboxylic acids is 1. The number of halogens is 6. The molecule has 2 aromatic heterocycles. The molecule has 0 unspecified atom stereocenters. The Morgan fingerprint density at radius 3 is 2.11 bits per heavy atom. The van der Waals surface area contributed by atoms with Crippen LogP contribution in [0.2, 0.25) is 0 Å². The third kappa shape index (κ3) is 6.18. The number of benzene rings is 1. The highest BCUT2D eigenvalue weighted by molar-refractivity contribution is 7.90. The summed E-state index contributed by atoms with van der Waals surface area (Å²) >= 11 is 0. The SMILES string of the molecule is COc1ccc(-c2nc(C3CCN(S(=O)(=O)C(F)(F)F)CC3)cc3c2ncn3C)cc1.O=C(O)C(F)(F)F. The number of carbonyl (C=O) groups is 1. The van der Waals surface area contributed by atoms with E-state index in [1.165, 1.54) is 0 Å². The predicted octanol–water partition coefficient (Wildman–Crippen LogP) is 4.31. The van der Waals surface area contributed by atoms with E-state index < -0.39 is 27.7 Å². The van der Waals surface area contributed by atoms with Crippen molar-refractivity contribution >= 4 is 27.0 Å². The zero-order valence-electron chi connectivity index (χ0n) is 19.9. The lowest BCUT2D eigenvalue weighted by atomic mass is 9.93. The van der Waals surface area contributed by atoms with Crippen LogP contribution in [-0.2, 0) is 21.9 Å². The summed E-state index contributed by atoms with van der Waals surface area (Å²) in [7, 11) is -1.87. The molecule has 1 aromatic carbocycles. The molecular formula is C22H22F6N4O5S. The van der Waals surface area contributed by atoms with Gasteiger partial charge in [0.05, 0.1) is 24.6 Å². The maximum Gasteiger partial charge on any atom is 0.511 e. The van der Waals surface area contributed by atoms with Gasteiger partial charge in [-0.2, -0.15) is 30.6 Å². The van der Waals surface area contributed by atoms with Crippen molar-refractivity contribution in [1.82, 2.24) is 18.8 Å². The smallest absolute Gasteiger partial charge is 0.497 e. The molecule has 0 saturated carbocycles. The molecule has 3 aromatic rings. The van der Waals surface area contributed by atoms with Gasteiger partial charge < -0.3 is 14.4 Å². The molecule has 0 aliphatic carbocycles. The maximum absolute atomic E-state index is 12.9. The molecule has 208 valence electrons. The van der Waals surface area contributed by atoms with Gasteiger partial charge in [-0.1, -0.05) is 0 Å². The van der Waals surface area contributed by atoms with Crippen molar-refractivity contribution in [2.75, 3.05) is 20.2 Å². The van der Waals surface area contributed by atoms with Crippen LogP contribution in [-0.4, -0.2) is 70.2 Å². The second-order valence-electron chi connectivity index (χ2n) is 8.27. The number of sulfonamides is 1. The van der Waals surface area contributed by atoms with E-state index in [2.05, 4.69) is 4.98 Å². The van der Waals surface area contributed by atoms with Crippen LogP contribution in [0.4, 0.5) is 26.3 Å². The number of aryl methyl sites for hydroxylation is 1. The van der Waals surface area contributed by atoms with Gasteiger partial charge in [-0.3, -0.25) is 4.98 Å². The van der Waals surface area contributed by atoms with Gasteiger partial charge in [-0.15, -0.1) is 0 Å². The van der Waals surface area contributed by atoms with E-state index in [1.54, 1.807) is 13.4 Å². The third-order valence-electron chi connectivity index (χ3n) is 5.84. The van der Waals surface area contributed by atoms with Crippen molar-refractivity contribution in [2.24, 2.45) is 7.05 Å². The van der Waals surface area contributed by atoms with Crippen LogP contribution in [0.1, 0.15) is 24.5 Å². The first-order chi connectivity index (χ1) is 17.6. The molecule has 1 N–H and O–H groups in total. The number of alkyl halides is 6. The summed E-state index contributed by atoms with van der Waals surface area (Å²) in [6.45, 7) is -0.398. The third-order valence-corrected chi connectivity index (χ3v) is 7.47.